The molecular formula is C18H22O. The van der Waals surface area contributed by atoms with Gasteiger partial charge >= 0.3 is 0 Å². The second kappa shape index (κ2) is 5.58. The Kier molecular flexibility index (Phi) is 4.06. The van der Waals surface area contributed by atoms with E-state index in [1.165, 1.54) is 16.7 Å². The van der Waals surface area contributed by atoms with E-state index in [4.69, 9.17) is 0 Å². The van der Waals surface area contributed by atoms with Crippen LogP contribution in [0, 0.1) is 0 Å². The van der Waals surface area contributed by atoms with E-state index in [0.29, 0.717) is 0 Å². The van der Waals surface area contributed by atoms with Gasteiger partial charge in [-0.25, -0.2) is 0 Å². The Morgan fingerprint density at radius 3 is 1.95 bits per heavy atom. The van der Waals surface area contributed by atoms with Crippen LogP contribution in [0.15, 0.2) is 48.5 Å². The van der Waals surface area contributed by atoms with Crippen molar-refractivity contribution in [1.29, 1.82) is 0 Å². The number of aliphatic hydroxyl groups excluding tert-OH is 1. The largest absolute Gasteiger partial charge is 0.392 e. The third kappa shape index (κ3) is 3.45. The number of rotatable bonds is 3. The first-order valence-electron chi connectivity index (χ1n) is 6.78. The molecule has 0 fully saturated rings. The molecule has 1 nitrogen and oxygen atoms in total. The lowest BCUT2D eigenvalue weighted by Crippen LogP contribution is -2.10. The van der Waals surface area contributed by atoms with Gasteiger partial charge in [0, 0.05) is 0 Å². The van der Waals surface area contributed by atoms with Crippen molar-refractivity contribution in [3.05, 3.63) is 70.8 Å². The molecule has 100 valence electrons. The van der Waals surface area contributed by atoms with Crippen LogP contribution in [0.5, 0.6) is 0 Å². The first kappa shape index (κ1) is 13.8. The molecule has 0 radical (unpaired) electrons. The summed E-state index contributed by atoms with van der Waals surface area (Å²) in [5, 5.41) is 9.35. The van der Waals surface area contributed by atoms with Crippen LogP contribution in [0.4, 0.5) is 0 Å². The maximum Gasteiger partial charge on any atom is 0.0684 e. The molecular weight excluding hydrogens is 232 g/mol. The first-order chi connectivity index (χ1) is 9.00. The highest BCUT2D eigenvalue weighted by atomic mass is 16.3. The van der Waals surface area contributed by atoms with Gasteiger partial charge in [0.1, 0.15) is 0 Å². The van der Waals surface area contributed by atoms with Gasteiger partial charge in [-0.3, -0.25) is 0 Å². The molecule has 0 aliphatic heterocycles. The number of hydrogen-bond acceptors (Lipinski definition) is 1. The van der Waals surface area contributed by atoms with Gasteiger partial charge in [0.2, 0.25) is 0 Å². The van der Waals surface area contributed by atoms with Crippen molar-refractivity contribution in [3.8, 4) is 0 Å². The molecule has 2 rings (SSSR count). The molecule has 0 amide bonds. The fourth-order valence-corrected chi connectivity index (χ4v) is 2.23. The maximum absolute atomic E-state index is 9.35. The van der Waals surface area contributed by atoms with E-state index in [1.807, 2.05) is 18.2 Å². The molecule has 0 saturated carbocycles. The van der Waals surface area contributed by atoms with E-state index >= 15 is 0 Å². The smallest absolute Gasteiger partial charge is 0.0684 e. The Bertz CT molecular complexity index is 532. The summed E-state index contributed by atoms with van der Waals surface area (Å²) in [6.07, 6.45) is 0.876. The molecule has 0 heterocycles. The molecule has 1 heteroatoms. The van der Waals surface area contributed by atoms with Crippen molar-refractivity contribution in [1.82, 2.24) is 0 Å². The second-order valence-corrected chi connectivity index (χ2v) is 6.05. The van der Waals surface area contributed by atoms with Crippen LogP contribution in [-0.4, -0.2) is 5.11 Å². The summed E-state index contributed by atoms with van der Waals surface area (Å²) >= 11 is 0. The third-order valence-corrected chi connectivity index (χ3v) is 3.50. The highest BCUT2D eigenvalue weighted by Crippen LogP contribution is 2.23. The van der Waals surface area contributed by atoms with Gasteiger partial charge in [0.05, 0.1) is 6.61 Å². The predicted molar refractivity (Wildman–Crippen MR) is 80.3 cm³/mol. The van der Waals surface area contributed by atoms with Crippen LogP contribution in [-0.2, 0) is 18.4 Å². The predicted octanol–water partition coefficient (Wildman–Crippen LogP) is 4.07. The van der Waals surface area contributed by atoms with Crippen LogP contribution >= 0.6 is 0 Å². The zero-order chi connectivity index (χ0) is 13.9. The summed E-state index contributed by atoms with van der Waals surface area (Å²) in [7, 11) is 0. The lowest BCUT2D eigenvalue weighted by molar-refractivity contribution is 0.281. The van der Waals surface area contributed by atoms with E-state index in [-0.39, 0.29) is 12.0 Å². The van der Waals surface area contributed by atoms with Crippen LogP contribution in [0.1, 0.15) is 43.0 Å². The Hall–Kier alpha value is -1.60. The van der Waals surface area contributed by atoms with Gasteiger partial charge in [-0.05, 0) is 34.1 Å². The van der Waals surface area contributed by atoms with E-state index in [1.54, 1.807) is 0 Å². The molecule has 0 spiro atoms. The molecule has 0 atom stereocenters. The average Bonchev–Trinajstić information content (AvgIpc) is 2.39. The molecule has 1 N–H and O–H groups in total. The maximum atomic E-state index is 9.35. The Morgan fingerprint density at radius 2 is 1.42 bits per heavy atom. The van der Waals surface area contributed by atoms with Crippen LogP contribution in [0.3, 0.4) is 0 Å². The SMILES string of the molecule is CC(C)(C)c1ccc(Cc2ccccc2CO)cc1. The lowest BCUT2D eigenvalue weighted by Gasteiger charge is -2.19. The van der Waals surface area contributed by atoms with Gasteiger partial charge in [0.25, 0.3) is 0 Å². The van der Waals surface area contributed by atoms with Gasteiger partial charge in [-0.2, -0.15) is 0 Å². The summed E-state index contributed by atoms with van der Waals surface area (Å²) in [5.74, 6) is 0. The Balaban J connectivity index is 2.20. The molecule has 2 aromatic carbocycles. The lowest BCUT2D eigenvalue weighted by atomic mass is 9.86. The Morgan fingerprint density at radius 1 is 0.842 bits per heavy atom. The minimum absolute atomic E-state index is 0.107. The van der Waals surface area contributed by atoms with Gasteiger partial charge in [0.15, 0.2) is 0 Å². The van der Waals surface area contributed by atoms with Crippen molar-refractivity contribution in [2.75, 3.05) is 0 Å². The molecule has 0 aromatic heterocycles. The number of benzene rings is 2. The molecule has 0 aliphatic carbocycles. The van der Waals surface area contributed by atoms with Crippen molar-refractivity contribution in [2.45, 2.75) is 39.2 Å². The molecule has 0 unspecified atom stereocenters. The van der Waals surface area contributed by atoms with E-state index in [9.17, 15) is 5.11 Å². The fourth-order valence-electron chi connectivity index (χ4n) is 2.23. The number of aliphatic hydroxyl groups is 1. The highest BCUT2D eigenvalue weighted by Gasteiger charge is 2.12. The third-order valence-electron chi connectivity index (χ3n) is 3.50. The van der Waals surface area contributed by atoms with E-state index < -0.39 is 0 Å². The molecule has 2 aromatic rings. The van der Waals surface area contributed by atoms with E-state index in [2.05, 4.69) is 51.1 Å². The number of hydrogen-bond donors (Lipinski definition) is 1. The molecule has 0 saturated heterocycles. The van der Waals surface area contributed by atoms with Gasteiger partial charge < -0.3 is 5.11 Å². The zero-order valence-corrected chi connectivity index (χ0v) is 12.0. The summed E-state index contributed by atoms with van der Waals surface area (Å²) in [4.78, 5) is 0. The first-order valence-corrected chi connectivity index (χ1v) is 6.78. The normalized spacial score (nSPS) is 11.6. The molecule has 19 heavy (non-hydrogen) atoms. The van der Waals surface area contributed by atoms with Crippen LogP contribution in [0.25, 0.3) is 0 Å². The van der Waals surface area contributed by atoms with Crippen molar-refractivity contribution < 1.29 is 5.11 Å². The quantitative estimate of drug-likeness (QED) is 0.875. The fraction of sp³-hybridized carbons (Fsp3) is 0.333. The minimum atomic E-state index is 0.107. The monoisotopic (exact) mass is 254 g/mol. The summed E-state index contributed by atoms with van der Waals surface area (Å²) in [6.45, 7) is 6.78. The van der Waals surface area contributed by atoms with Crippen LogP contribution in [0.2, 0.25) is 0 Å². The topological polar surface area (TPSA) is 20.2 Å². The van der Waals surface area contributed by atoms with E-state index in [0.717, 1.165) is 12.0 Å². The summed E-state index contributed by atoms with van der Waals surface area (Å²) in [6, 6.07) is 16.9. The van der Waals surface area contributed by atoms with Gasteiger partial charge in [-0.15, -0.1) is 0 Å². The Labute approximate surface area is 115 Å². The second-order valence-electron chi connectivity index (χ2n) is 6.05. The average molecular weight is 254 g/mol. The van der Waals surface area contributed by atoms with Crippen LogP contribution < -0.4 is 0 Å². The van der Waals surface area contributed by atoms with Crippen molar-refractivity contribution >= 4 is 0 Å². The minimum Gasteiger partial charge on any atom is -0.392 e. The summed E-state index contributed by atoms with van der Waals surface area (Å²) in [5.41, 5.74) is 5.05. The molecule has 0 aliphatic rings. The summed E-state index contributed by atoms with van der Waals surface area (Å²) < 4.78 is 0. The van der Waals surface area contributed by atoms with Crippen molar-refractivity contribution in [2.24, 2.45) is 0 Å². The molecule has 0 bridgehead atoms. The zero-order valence-electron chi connectivity index (χ0n) is 12.0. The van der Waals surface area contributed by atoms with Gasteiger partial charge in [-0.1, -0.05) is 69.3 Å². The van der Waals surface area contributed by atoms with Crippen molar-refractivity contribution in [3.63, 3.8) is 0 Å². The standard InChI is InChI=1S/C18H22O/c1-18(2,3)17-10-8-14(9-11-17)12-15-6-4-5-7-16(15)13-19/h4-11,19H,12-13H2,1-3H3. The highest BCUT2D eigenvalue weighted by molar-refractivity contribution is 5.34.